The van der Waals surface area contributed by atoms with E-state index in [9.17, 15) is 40.5 Å². The van der Waals surface area contributed by atoms with Crippen molar-refractivity contribution in [3.8, 4) is 46.6 Å². The van der Waals surface area contributed by atoms with Gasteiger partial charge in [0.15, 0.2) is 22.9 Å². The standard InChI is InChI=1S/C69H78N4O13/c1-3-52-44-17-25-70-51(44)35-73(52)59-61-40(27-46-54(77)26-37(2)83-62(46)59)28-57-69(84-61)33-48-50-34-72-64(81)67(50)20-14-41(15-21-67)65(18-5-4-6-19-65)22-23-66(48)31-47-38(16-24-71-58(47)49(69)32-66)8-7-9-56(85-86-57)68(82,63(80)60(79)55(78)36-74)30-39-10-13-53(76)43-12-11-42(75)29-45(39)43/h10-13,17,25-27,29,35,38,41,47-50,55-58,60,63,70-71,74-76,78-80,82H,3-6,8,14-16,18-21,24,28,30-34,36H2,1-2H3,(H,72,81)/t38-,41?,47+,48-,49-,50+,55-,56+,57-,58-,60-,63+,66+,67?,68+,69+/m1/s1. The number of phenolic OH excluding ortho intramolecular Hbond substituents is 2. The predicted octanol–water partition coefficient (Wildman–Crippen LogP) is 7.22. The first kappa shape index (κ1) is 56.2. The summed E-state index contributed by atoms with van der Waals surface area (Å²) in [5.41, 5.74) is -1.71. The van der Waals surface area contributed by atoms with E-state index in [1.807, 2.05) is 18.5 Å². The number of nitrogens with zero attached hydrogens (tertiary/aromatic N) is 1. The predicted molar refractivity (Wildman–Crippen MR) is 319 cm³/mol. The zero-order valence-corrected chi connectivity index (χ0v) is 48.9. The lowest BCUT2D eigenvalue weighted by molar-refractivity contribution is -0.398. The largest absolute Gasteiger partial charge is 0.508 e. The Morgan fingerprint density at radius 1 is 0.860 bits per heavy atom. The van der Waals surface area contributed by atoms with Crippen molar-refractivity contribution in [2.75, 3.05) is 19.7 Å². The van der Waals surface area contributed by atoms with Gasteiger partial charge < -0.3 is 65.1 Å². The van der Waals surface area contributed by atoms with Crippen LogP contribution in [0.15, 0.2) is 70.1 Å². The highest BCUT2D eigenvalue weighted by molar-refractivity contribution is 5.93. The zero-order chi connectivity index (χ0) is 59.2. The van der Waals surface area contributed by atoms with Gasteiger partial charge in [-0.05, 0) is 161 Å². The van der Waals surface area contributed by atoms with Crippen LogP contribution in [-0.2, 0) is 33.8 Å². The fraction of sp³-hybridized carbons (Fsp3) is 0.565. The first-order chi connectivity index (χ1) is 41.5. The van der Waals surface area contributed by atoms with E-state index in [-0.39, 0.29) is 70.3 Å². The van der Waals surface area contributed by atoms with Crippen LogP contribution in [0.1, 0.15) is 119 Å². The number of aromatic amines is 1. The molecule has 3 aromatic carbocycles. The highest BCUT2D eigenvalue weighted by Crippen LogP contribution is 2.69. The lowest BCUT2D eigenvalue weighted by Gasteiger charge is -2.66. The third kappa shape index (κ3) is 8.35. The summed E-state index contributed by atoms with van der Waals surface area (Å²) < 4.78 is 17.2. The number of carbonyl (C=O) groups excluding carboxylic acids is 1. The number of aromatic nitrogens is 2. The molecule has 6 aliphatic carbocycles. The number of rotatable bonds is 9. The highest BCUT2D eigenvalue weighted by atomic mass is 17.2. The van der Waals surface area contributed by atoms with Gasteiger partial charge in [0.05, 0.1) is 22.9 Å². The monoisotopic (exact) mass is 1170 g/mol. The van der Waals surface area contributed by atoms with Crippen molar-refractivity contribution >= 4 is 38.6 Å². The maximum Gasteiger partial charge on any atom is 0.226 e. The van der Waals surface area contributed by atoms with Crippen LogP contribution < -0.4 is 20.8 Å². The second-order valence-electron chi connectivity index (χ2n) is 27.5. The Labute approximate surface area is 498 Å². The van der Waals surface area contributed by atoms with Gasteiger partial charge in [-0.3, -0.25) is 9.59 Å². The maximum absolute atomic E-state index is 15.1. The van der Waals surface area contributed by atoms with E-state index in [0.29, 0.717) is 94.8 Å². The Kier molecular flexibility index (Phi) is 13.5. The van der Waals surface area contributed by atoms with Crippen LogP contribution in [-0.4, -0.2) is 119 Å². The SMILES string of the molecule is CCc1c2cc[nH]c2cn1-c1c2c(cc3c(=O)cc(C)oc13)C[C@H]1OO[C@H]([C@@](O)(Cc3ccc(O)c4ccc(O)cc34)[C@@H](O)[C@H](O)[C@H](O)CO)C#CC[C@@H]3CCN[C@@H]4[C@H]3C[C@]35C#CC6(CCCCC6)C6CCC7(CC6)C(=O)NC[C@H]7[C@H]3C[C@]1(O2)[C@@H]4C5. The molecule has 0 unspecified atom stereocenters. The molecule has 86 heavy (non-hydrogen) atoms. The van der Waals surface area contributed by atoms with Crippen LogP contribution in [0, 0.1) is 82.4 Å². The minimum absolute atomic E-state index is 0.00516. The summed E-state index contributed by atoms with van der Waals surface area (Å²) >= 11 is 0. The Bertz CT molecular complexity index is 3910. The lowest BCUT2D eigenvalue weighted by atomic mass is 9.41. The molecule has 17 heteroatoms. The molecule has 16 rings (SSSR count). The van der Waals surface area contributed by atoms with E-state index < -0.39 is 65.6 Å². The van der Waals surface area contributed by atoms with Gasteiger partial charge in [-0.2, -0.15) is 0 Å². The third-order valence-corrected chi connectivity index (χ3v) is 23.4. The van der Waals surface area contributed by atoms with Crippen molar-refractivity contribution in [2.24, 2.45) is 51.8 Å². The van der Waals surface area contributed by atoms with E-state index in [0.717, 1.165) is 80.8 Å². The number of aliphatic hydroxyl groups is 5. The molecule has 1 amide bonds. The summed E-state index contributed by atoms with van der Waals surface area (Å²) in [6, 6.07) is 12.6. The number of aromatic hydroxyl groups is 2. The van der Waals surface area contributed by atoms with Crippen molar-refractivity contribution in [2.45, 2.75) is 171 Å². The van der Waals surface area contributed by atoms with Gasteiger partial charge in [0.25, 0.3) is 0 Å². The number of fused-ring (bicyclic) bond motifs is 6. The lowest BCUT2D eigenvalue weighted by Crippen LogP contribution is -2.73. The second-order valence-corrected chi connectivity index (χ2v) is 27.5. The van der Waals surface area contributed by atoms with E-state index >= 15 is 4.79 Å². The molecule has 10 aliphatic rings. The molecule has 17 nitrogen and oxygen atoms in total. The molecule has 3 aromatic heterocycles. The van der Waals surface area contributed by atoms with Crippen LogP contribution >= 0.6 is 0 Å². The van der Waals surface area contributed by atoms with Crippen molar-refractivity contribution < 1.29 is 59.5 Å². The van der Waals surface area contributed by atoms with Gasteiger partial charge in [0.2, 0.25) is 5.91 Å². The highest BCUT2D eigenvalue weighted by Gasteiger charge is 2.71. The van der Waals surface area contributed by atoms with Crippen molar-refractivity contribution in [3.63, 3.8) is 0 Å². The molecule has 7 heterocycles. The van der Waals surface area contributed by atoms with Crippen LogP contribution in [0.3, 0.4) is 0 Å². The fourth-order valence-corrected chi connectivity index (χ4v) is 19.1. The van der Waals surface area contributed by atoms with E-state index in [4.69, 9.17) is 18.9 Å². The Morgan fingerprint density at radius 2 is 1.67 bits per heavy atom. The molecule has 0 radical (unpaired) electrons. The average molecular weight is 1170 g/mol. The van der Waals surface area contributed by atoms with Gasteiger partial charge >= 0.3 is 0 Å². The molecular formula is C69H78N4O13. The molecule has 4 aliphatic heterocycles. The van der Waals surface area contributed by atoms with E-state index in [1.165, 1.54) is 42.8 Å². The molecule has 4 spiro atoms. The number of benzene rings is 3. The number of amides is 1. The fourth-order valence-electron chi connectivity index (χ4n) is 19.1. The van der Waals surface area contributed by atoms with Crippen molar-refractivity contribution in [3.05, 3.63) is 93.7 Å². The Balaban J connectivity index is 0.974. The quantitative estimate of drug-likeness (QED) is 0.0507. The summed E-state index contributed by atoms with van der Waals surface area (Å²) in [6.07, 6.45) is 7.01. The topological polar surface area (TPSA) is 261 Å². The minimum atomic E-state index is -2.65. The molecule has 6 fully saturated rings. The molecule has 6 aromatic rings. The molecule has 10 N–H and O–H groups in total. The normalized spacial score (nSPS) is 34.1. The van der Waals surface area contributed by atoms with Crippen LogP contribution in [0.5, 0.6) is 17.2 Å². The van der Waals surface area contributed by atoms with Crippen LogP contribution in [0.4, 0.5) is 0 Å². The van der Waals surface area contributed by atoms with E-state index in [1.54, 1.807) is 6.92 Å². The number of carbonyl (C=O) groups is 1. The van der Waals surface area contributed by atoms with Gasteiger partial charge in [-0.1, -0.05) is 50.0 Å². The average Bonchev–Trinajstić information content (AvgIpc) is 0.959. The number of nitrogens with one attached hydrogen (secondary N) is 3. The molecule has 4 saturated carbocycles. The van der Waals surface area contributed by atoms with Gasteiger partial charge in [-0.15, -0.1) is 5.92 Å². The summed E-state index contributed by atoms with van der Waals surface area (Å²) in [6.45, 7) is 4.11. The number of hydrogen-bond acceptors (Lipinski definition) is 14. The Hall–Kier alpha value is -6.38. The third-order valence-electron chi connectivity index (χ3n) is 23.4. The van der Waals surface area contributed by atoms with Crippen molar-refractivity contribution in [1.29, 1.82) is 0 Å². The molecule has 7 bridgehead atoms. The van der Waals surface area contributed by atoms with Gasteiger partial charge in [-0.25, -0.2) is 9.78 Å². The second kappa shape index (κ2) is 20.6. The summed E-state index contributed by atoms with van der Waals surface area (Å²) in [5, 5.41) is 90.5. The van der Waals surface area contributed by atoms with Gasteiger partial charge in [0, 0.05) is 89.1 Å². The van der Waals surface area contributed by atoms with Crippen LogP contribution in [0.25, 0.3) is 38.3 Å². The van der Waals surface area contributed by atoms with Crippen molar-refractivity contribution in [1.82, 2.24) is 20.2 Å². The Morgan fingerprint density at radius 3 is 2.48 bits per heavy atom. The first-order valence-corrected chi connectivity index (χ1v) is 31.7. The van der Waals surface area contributed by atoms with Gasteiger partial charge in [0.1, 0.15) is 58.6 Å². The van der Waals surface area contributed by atoms with E-state index in [2.05, 4.69) is 56.9 Å². The molecular weight excluding hydrogens is 1090 g/mol. The number of aryl methyl sites for hydroxylation is 2. The molecule has 2 saturated heterocycles. The first-order valence-electron chi connectivity index (χ1n) is 31.7. The smallest absolute Gasteiger partial charge is 0.226 e. The van der Waals surface area contributed by atoms with Crippen LogP contribution in [0.2, 0.25) is 0 Å². The maximum atomic E-state index is 15.1. The number of phenols is 2. The minimum Gasteiger partial charge on any atom is -0.508 e. The zero-order valence-electron chi connectivity index (χ0n) is 48.9. The number of piperidine rings is 1. The number of H-pyrrole nitrogens is 1. The number of hydrogen-bond donors (Lipinski definition) is 10. The molecule has 14 atom stereocenters. The summed E-state index contributed by atoms with van der Waals surface area (Å²) in [7, 11) is 0. The summed E-state index contributed by atoms with van der Waals surface area (Å²) in [4.78, 5) is 46.9. The summed E-state index contributed by atoms with van der Waals surface area (Å²) in [5.74, 6) is 15.8. The number of aliphatic hydroxyl groups excluding tert-OH is 4. The number of ether oxygens (including phenoxy) is 1. The molecule has 452 valence electrons.